The molecule has 0 fully saturated rings. The molecule has 20 heavy (non-hydrogen) atoms. The van der Waals surface area contributed by atoms with Crippen LogP contribution in [0.3, 0.4) is 0 Å². The number of nitro benzene ring substituents is 1. The zero-order valence-electron chi connectivity index (χ0n) is 10.3. The Bertz CT molecular complexity index is 687. The van der Waals surface area contributed by atoms with Gasteiger partial charge in [-0.2, -0.15) is 5.10 Å². The van der Waals surface area contributed by atoms with E-state index in [-0.39, 0.29) is 22.9 Å². The normalized spacial score (nSPS) is 10.1. The molecule has 0 aliphatic rings. The van der Waals surface area contributed by atoms with E-state index in [2.05, 4.69) is 10.2 Å². The minimum Gasteiger partial charge on any atom is -0.477 e. The first-order valence-electron chi connectivity index (χ1n) is 5.47. The van der Waals surface area contributed by atoms with Crippen LogP contribution in [-0.2, 0) is 0 Å². The number of non-ortho nitro benzene ring substituents is 1. The molecular formula is C12H9N3O5. The largest absolute Gasteiger partial charge is 0.477 e. The van der Waals surface area contributed by atoms with Gasteiger partial charge in [0, 0.05) is 6.07 Å². The second-order valence-corrected chi connectivity index (χ2v) is 3.86. The lowest BCUT2D eigenvalue weighted by atomic mass is 10.2. The lowest BCUT2D eigenvalue weighted by molar-refractivity contribution is -0.384. The molecule has 102 valence electrons. The summed E-state index contributed by atoms with van der Waals surface area (Å²) < 4.78 is 5.33. The lowest BCUT2D eigenvalue weighted by Crippen LogP contribution is -2.03. The molecule has 0 aliphatic heterocycles. The summed E-state index contributed by atoms with van der Waals surface area (Å²) in [5, 5.41) is 26.8. The van der Waals surface area contributed by atoms with Crippen molar-refractivity contribution in [2.24, 2.45) is 0 Å². The molecule has 8 nitrogen and oxygen atoms in total. The first-order valence-corrected chi connectivity index (χ1v) is 5.47. The van der Waals surface area contributed by atoms with Gasteiger partial charge >= 0.3 is 5.97 Å². The monoisotopic (exact) mass is 275 g/mol. The number of carboxylic acid groups (broad SMARTS) is 1. The summed E-state index contributed by atoms with van der Waals surface area (Å²) in [5.74, 6) is -1.29. The number of carbonyl (C=O) groups is 1. The fourth-order valence-corrected chi connectivity index (χ4v) is 1.47. The molecule has 0 atom stereocenters. The Balaban J connectivity index is 2.42. The van der Waals surface area contributed by atoms with E-state index in [4.69, 9.17) is 9.84 Å². The highest BCUT2D eigenvalue weighted by Gasteiger charge is 2.16. The summed E-state index contributed by atoms with van der Waals surface area (Å²) in [6.07, 6.45) is 1.22. The van der Waals surface area contributed by atoms with E-state index in [0.717, 1.165) is 0 Å². The van der Waals surface area contributed by atoms with Crippen molar-refractivity contribution in [3.63, 3.8) is 0 Å². The Hall–Kier alpha value is -3.03. The molecule has 0 aliphatic carbocycles. The Morgan fingerprint density at radius 2 is 2.15 bits per heavy atom. The first kappa shape index (κ1) is 13.4. The zero-order valence-corrected chi connectivity index (χ0v) is 10.3. The van der Waals surface area contributed by atoms with Crippen LogP contribution in [0, 0.1) is 17.0 Å². The summed E-state index contributed by atoms with van der Waals surface area (Å²) in [7, 11) is 0. The topological polar surface area (TPSA) is 115 Å². The summed E-state index contributed by atoms with van der Waals surface area (Å²) in [6.45, 7) is 1.68. The molecule has 0 spiro atoms. The highest BCUT2D eigenvalue weighted by molar-refractivity contribution is 5.90. The van der Waals surface area contributed by atoms with Crippen molar-refractivity contribution in [2.45, 2.75) is 6.92 Å². The van der Waals surface area contributed by atoms with Crippen molar-refractivity contribution in [3.05, 3.63) is 51.7 Å². The predicted octanol–water partition coefficient (Wildman–Crippen LogP) is 2.18. The number of nitrogens with zero attached hydrogens (tertiary/aromatic N) is 3. The number of nitro groups is 1. The number of ether oxygens (including phenoxy) is 1. The van der Waals surface area contributed by atoms with Gasteiger partial charge in [0.1, 0.15) is 11.3 Å². The maximum Gasteiger partial charge on any atom is 0.341 e. The van der Waals surface area contributed by atoms with Crippen molar-refractivity contribution in [1.29, 1.82) is 0 Å². The van der Waals surface area contributed by atoms with Gasteiger partial charge in [-0.15, -0.1) is 5.10 Å². The minimum absolute atomic E-state index is 0.155. The maximum absolute atomic E-state index is 11.0. The van der Waals surface area contributed by atoms with Crippen molar-refractivity contribution < 1.29 is 19.6 Å². The molecule has 0 amide bonds. The molecule has 1 heterocycles. The summed E-state index contributed by atoms with van der Waals surface area (Å²) in [6, 6.07) is 5.27. The lowest BCUT2D eigenvalue weighted by Gasteiger charge is -2.08. The van der Waals surface area contributed by atoms with Gasteiger partial charge in [0.25, 0.3) is 11.6 Å². The molecule has 1 aromatic heterocycles. The summed E-state index contributed by atoms with van der Waals surface area (Å²) >= 11 is 0. The van der Waals surface area contributed by atoms with E-state index in [1.54, 1.807) is 6.92 Å². The second kappa shape index (κ2) is 5.31. The smallest absolute Gasteiger partial charge is 0.341 e. The summed E-state index contributed by atoms with van der Waals surface area (Å²) in [4.78, 5) is 21.2. The van der Waals surface area contributed by atoms with Gasteiger partial charge in [0.05, 0.1) is 17.2 Å². The van der Waals surface area contributed by atoms with E-state index < -0.39 is 10.9 Å². The number of rotatable bonds is 4. The molecule has 2 rings (SSSR count). The highest BCUT2D eigenvalue weighted by Crippen LogP contribution is 2.29. The van der Waals surface area contributed by atoms with Crippen LogP contribution >= 0.6 is 0 Å². The Labute approximate surface area is 112 Å². The third-order valence-corrected chi connectivity index (χ3v) is 2.51. The minimum atomic E-state index is -1.22. The van der Waals surface area contributed by atoms with Crippen molar-refractivity contribution in [2.75, 3.05) is 0 Å². The molecule has 0 saturated heterocycles. The van der Waals surface area contributed by atoms with Gasteiger partial charge in [-0.05, 0) is 24.6 Å². The number of aromatic nitrogens is 2. The second-order valence-electron chi connectivity index (χ2n) is 3.86. The molecule has 0 radical (unpaired) electrons. The number of hydrogen-bond acceptors (Lipinski definition) is 6. The van der Waals surface area contributed by atoms with E-state index in [9.17, 15) is 14.9 Å². The van der Waals surface area contributed by atoms with Gasteiger partial charge in [-0.3, -0.25) is 10.1 Å². The molecule has 8 heteroatoms. The highest BCUT2D eigenvalue weighted by atomic mass is 16.6. The van der Waals surface area contributed by atoms with Crippen LogP contribution < -0.4 is 4.74 Å². The van der Waals surface area contributed by atoms with Crippen LogP contribution in [0.2, 0.25) is 0 Å². The first-order chi connectivity index (χ1) is 9.49. The fourth-order valence-electron chi connectivity index (χ4n) is 1.47. The molecule has 1 aromatic carbocycles. The molecule has 0 saturated carbocycles. The fraction of sp³-hybridized carbons (Fsp3) is 0.0833. The molecule has 0 unspecified atom stereocenters. The van der Waals surface area contributed by atoms with Crippen LogP contribution in [-0.4, -0.2) is 26.2 Å². The number of aryl methyl sites for hydroxylation is 1. The number of aromatic carboxylic acids is 1. The van der Waals surface area contributed by atoms with Crippen LogP contribution in [0.5, 0.6) is 11.6 Å². The van der Waals surface area contributed by atoms with Gasteiger partial charge in [0.2, 0.25) is 0 Å². The van der Waals surface area contributed by atoms with E-state index >= 15 is 0 Å². The molecule has 2 aromatic rings. The third kappa shape index (κ3) is 2.69. The van der Waals surface area contributed by atoms with Crippen molar-refractivity contribution >= 4 is 11.7 Å². The van der Waals surface area contributed by atoms with E-state index in [1.807, 2.05) is 0 Å². The van der Waals surface area contributed by atoms with E-state index in [1.165, 1.54) is 30.5 Å². The molecule has 1 N–H and O–H groups in total. The number of hydrogen-bond donors (Lipinski definition) is 1. The standard InChI is InChI=1S/C12H9N3O5/c1-7-2-3-8(15(18)19)6-10(7)20-11-9(12(16)17)4-5-13-14-11/h2-6H,1H3,(H,16,17). The molecule has 0 bridgehead atoms. The summed E-state index contributed by atoms with van der Waals surface area (Å²) in [5.41, 5.74) is 0.273. The molecular weight excluding hydrogens is 266 g/mol. The average Bonchev–Trinajstić information content (AvgIpc) is 2.41. The van der Waals surface area contributed by atoms with Gasteiger partial charge in [0.15, 0.2) is 0 Å². The maximum atomic E-state index is 11.0. The van der Waals surface area contributed by atoms with Crippen LogP contribution in [0.25, 0.3) is 0 Å². The quantitative estimate of drug-likeness (QED) is 0.671. The van der Waals surface area contributed by atoms with Crippen LogP contribution in [0.4, 0.5) is 5.69 Å². The third-order valence-electron chi connectivity index (χ3n) is 2.51. The average molecular weight is 275 g/mol. The van der Waals surface area contributed by atoms with Crippen molar-refractivity contribution in [1.82, 2.24) is 10.2 Å². The Morgan fingerprint density at radius 1 is 1.40 bits per heavy atom. The van der Waals surface area contributed by atoms with Crippen LogP contribution in [0.15, 0.2) is 30.5 Å². The van der Waals surface area contributed by atoms with Crippen LogP contribution in [0.1, 0.15) is 15.9 Å². The number of carboxylic acids is 1. The SMILES string of the molecule is Cc1ccc([N+](=O)[O-])cc1Oc1nnccc1C(=O)O. The Morgan fingerprint density at radius 3 is 2.80 bits per heavy atom. The van der Waals surface area contributed by atoms with Gasteiger partial charge in [-0.1, -0.05) is 0 Å². The van der Waals surface area contributed by atoms with Gasteiger partial charge < -0.3 is 9.84 Å². The van der Waals surface area contributed by atoms with E-state index in [0.29, 0.717) is 5.56 Å². The van der Waals surface area contributed by atoms with Gasteiger partial charge in [-0.25, -0.2) is 4.79 Å². The predicted molar refractivity (Wildman–Crippen MR) is 66.9 cm³/mol. The van der Waals surface area contributed by atoms with Crippen molar-refractivity contribution in [3.8, 4) is 11.6 Å². The Kier molecular flexibility index (Phi) is 3.56. The number of benzene rings is 1. The zero-order chi connectivity index (χ0) is 14.7.